The number of hydrogen-bond donors (Lipinski definition) is 0. The standard InChI is InChI=1S/C5H6Br2F2O2/c1-3(10)11-2-4(6)5(7,8)9/h4H,2H2,1H3. The number of halogens is 4. The first-order valence-corrected chi connectivity index (χ1v) is 4.39. The van der Waals surface area contributed by atoms with Crippen LogP contribution in [0.15, 0.2) is 0 Å². The summed E-state index contributed by atoms with van der Waals surface area (Å²) >= 11 is 4.78. The lowest BCUT2D eigenvalue weighted by atomic mass is 10.5. The lowest BCUT2D eigenvalue weighted by Gasteiger charge is -2.14. The van der Waals surface area contributed by atoms with E-state index < -0.39 is 15.6 Å². The summed E-state index contributed by atoms with van der Waals surface area (Å²) in [4.78, 5) is 5.92. The van der Waals surface area contributed by atoms with Crippen LogP contribution >= 0.6 is 31.9 Å². The van der Waals surface area contributed by atoms with Gasteiger partial charge in [0.25, 0.3) is 0 Å². The molecule has 0 spiro atoms. The number of rotatable bonds is 3. The van der Waals surface area contributed by atoms with Gasteiger partial charge in [0.2, 0.25) is 0 Å². The molecule has 0 aromatic heterocycles. The van der Waals surface area contributed by atoms with Crippen LogP contribution in [0.4, 0.5) is 8.78 Å². The highest BCUT2D eigenvalue weighted by atomic mass is 79.9. The zero-order valence-corrected chi connectivity index (χ0v) is 8.78. The maximum Gasteiger partial charge on any atom is 0.316 e. The quantitative estimate of drug-likeness (QED) is 0.590. The summed E-state index contributed by atoms with van der Waals surface area (Å²) in [5, 5.41) is 0. The average molecular weight is 296 g/mol. The Morgan fingerprint density at radius 3 is 2.45 bits per heavy atom. The fourth-order valence-corrected chi connectivity index (χ4v) is 0.549. The van der Waals surface area contributed by atoms with Crippen molar-refractivity contribution < 1.29 is 18.3 Å². The summed E-state index contributed by atoms with van der Waals surface area (Å²) in [5.74, 6) is -0.578. The molecule has 0 fully saturated rings. The topological polar surface area (TPSA) is 26.3 Å². The van der Waals surface area contributed by atoms with Gasteiger partial charge >= 0.3 is 10.8 Å². The molecular weight excluding hydrogens is 290 g/mol. The second-order valence-corrected chi connectivity index (χ2v) is 3.97. The highest BCUT2D eigenvalue weighted by molar-refractivity contribution is 9.12. The van der Waals surface area contributed by atoms with Crippen molar-refractivity contribution in [1.29, 1.82) is 0 Å². The van der Waals surface area contributed by atoms with Gasteiger partial charge in [-0.05, 0) is 15.9 Å². The molecule has 0 aliphatic rings. The summed E-state index contributed by atoms with van der Waals surface area (Å²) in [6.07, 6.45) is 0. The van der Waals surface area contributed by atoms with Crippen molar-refractivity contribution in [1.82, 2.24) is 0 Å². The summed E-state index contributed by atoms with van der Waals surface area (Å²) in [7, 11) is 0. The predicted molar refractivity (Wildman–Crippen MR) is 43.2 cm³/mol. The lowest BCUT2D eigenvalue weighted by Crippen LogP contribution is -2.26. The van der Waals surface area contributed by atoms with E-state index in [0.717, 1.165) is 6.92 Å². The molecule has 0 bridgehead atoms. The van der Waals surface area contributed by atoms with Crippen LogP contribution in [0, 0.1) is 0 Å². The Labute approximate surface area is 79.5 Å². The predicted octanol–water partition coefficient (Wildman–Crippen LogP) is 2.30. The number of esters is 1. The van der Waals surface area contributed by atoms with Gasteiger partial charge in [0.15, 0.2) is 0 Å². The van der Waals surface area contributed by atoms with Crippen LogP contribution in [-0.2, 0) is 9.53 Å². The van der Waals surface area contributed by atoms with E-state index in [1.807, 2.05) is 0 Å². The Hall–Kier alpha value is 0.290. The highest BCUT2D eigenvalue weighted by Gasteiger charge is 2.35. The van der Waals surface area contributed by atoms with E-state index in [4.69, 9.17) is 0 Å². The number of carbonyl (C=O) groups excluding carboxylic acids is 1. The van der Waals surface area contributed by atoms with Crippen LogP contribution in [0.3, 0.4) is 0 Å². The van der Waals surface area contributed by atoms with E-state index in [-0.39, 0.29) is 6.61 Å². The molecule has 0 aromatic rings. The molecule has 1 unspecified atom stereocenters. The van der Waals surface area contributed by atoms with Crippen molar-refractivity contribution in [2.45, 2.75) is 16.6 Å². The van der Waals surface area contributed by atoms with E-state index in [1.54, 1.807) is 0 Å². The number of carbonyl (C=O) groups is 1. The summed E-state index contributed by atoms with van der Waals surface area (Å²) in [6.45, 7) is 0.805. The van der Waals surface area contributed by atoms with Crippen molar-refractivity contribution in [3.05, 3.63) is 0 Å². The first-order valence-electron chi connectivity index (χ1n) is 2.68. The zero-order valence-electron chi connectivity index (χ0n) is 5.61. The first kappa shape index (κ1) is 11.3. The minimum atomic E-state index is -3.05. The molecule has 0 saturated carbocycles. The van der Waals surface area contributed by atoms with Gasteiger partial charge in [-0.15, -0.1) is 0 Å². The van der Waals surface area contributed by atoms with Crippen molar-refractivity contribution >= 4 is 37.8 Å². The minimum absolute atomic E-state index is 0.354. The molecule has 0 aliphatic heterocycles. The Morgan fingerprint density at radius 2 is 2.18 bits per heavy atom. The van der Waals surface area contributed by atoms with Crippen molar-refractivity contribution in [2.75, 3.05) is 6.61 Å². The van der Waals surface area contributed by atoms with Crippen LogP contribution < -0.4 is 0 Å². The van der Waals surface area contributed by atoms with E-state index in [9.17, 15) is 13.6 Å². The number of ether oxygens (including phenoxy) is 1. The third-order valence-corrected chi connectivity index (χ3v) is 2.79. The van der Waals surface area contributed by atoms with Crippen molar-refractivity contribution in [3.63, 3.8) is 0 Å². The van der Waals surface area contributed by atoms with Crippen LogP contribution in [0.5, 0.6) is 0 Å². The average Bonchev–Trinajstić information content (AvgIpc) is 1.80. The highest BCUT2D eigenvalue weighted by Crippen LogP contribution is 2.31. The Balaban J connectivity index is 3.70. The van der Waals surface area contributed by atoms with Gasteiger partial charge in [-0.3, -0.25) is 4.79 Å². The summed E-state index contributed by atoms with van der Waals surface area (Å²) in [5.41, 5.74) is 0. The molecule has 0 N–H and O–H groups in total. The lowest BCUT2D eigenvalue weighted by molar-refractivity contribution is -0.141. The molecule has 0 saturated heterocycles. The Bertz CT molecular complexity index is 146. The van der Waals surface area contributed by atoms with Gasteiger partial charge in [0.1, 0.15) is 11.4 Å². The molecule has 0 aliphatic carbocycles. The Morgan fingerprint density at radius 1 is 1.73 bits per heavy atom. The molecule has 0 heterocycles. The zero-order chi connectivity index (χ0) is 9.07. The van der Waals surface area contributed by atoms with Crippen LogP contribution in [0.25, 0.3) is 0 Å². The van der Waals surface area contributed by atoms with E-state index in [2.05, 4.69) is 36.6 Å². The Kier molecular flexibility index (Phi) is 4.46. The summed E-state index contributed by atoms with van der Waals surface area (Å²) < 4.78 is 28.8. The second kappa shape index (κ2) is 4.35. The van der Waals surface area contributed by atoms with Gasteiger partial charge < -0.3 is 4.74 Å². The smallest absolute Gasteiger partial charge is 0.316 e. The first-order chi connectivity index (χ1) is 4.84. The van der Waals surface area contributed by atoms with Gasteiger partial charge in [0, 0.05) is 6.92 Å². The third-order valence-electron chi connectivity index (χ3n) is 0.788. The fraction of sp³-hybridized carbons (Fsp3) is 0.800. The van der Waals surface area contributed by atoms with Crippen molar-refractivity contribution in [3.8, 4) is 0 Å². The summed E-state index contributed by atoms with van der Waals surface area (Å²) in [6, 6.07) is 0. The largest absolute Gasteiger partial charge is 0.464 e. The maximum absolute atomic E-state index is 12.2. The molecule has 1 atom stereocenters. The second-order valence-electron chi connectivity index (χ2n) is 1.81. The van der Waals surface area contributed by atoms with Crippen LogP contribution in [0.1, 0.15) is 6.92 Å². The minimum Gasteiger partial charge on any atom is -0.464 e. The molecule has 0 radical (unpaired) electrons. The SMILES string of the molecule is CC(=O)OCC(Br)C(F)(F)Br. The number of hydrogen-bond acceptors (Lipinski definition) is 2. The van der Waals surface area contributed by atoms with Gasteiger partial charge in [-0.1, -0.05) is 15.9 Å². The molecule has 0 rings (SSSR count). The van der Waals surface area contributed by atoms with Crippen molar-refractivity contribution in [2.24, 2.45) is 0 Å². The van der Waals surface area contributed by atoms with E-state index >= 15 is 0 Å². The molecule has 11 heavy (non-hydrogen) atoms. The third kappa shape index (κ3) is 5.55. The molecule has 2 nitrogen and oxygen atoms in total. The van der Waals surface area contributed by atoms with Gasteiger partial charge in [0.05, 0.1) is 0 Å². The molecule has 6 heteroatoms. The molecular formula is C5H6Br2F2O2. The van der Waals surface area contributed by atoms with Crippen LogP contribution in [-0.4, -0.2) is 22.2 Å². The van der Waals surface area contributed by atoms with E-state index in [1.165, 1.54) is 0 Å². The molecule has 66 valence electrons. The van der Waals surface area contributed by atoms with Crippen LogP contribution in [0.2, 0.25) is 0 Å². The van der Waals surface area contributed by atoms with E-state index in [0.29, 0.717) is 0 Å². The maximum atomic E-state index is 12.2. The molecule has 0 amide bonds. The molecule has 0 aromatic carbocycles. The van der Waals surface area contributed by atoms with Gasteiger partial charge in [-0.25, -0.2) is 0 Å². The normalized spacial score (nSPS) is 14.3. The van der Waals surface area contributed by atoms with Gasteiger partial charge in [-0.2, -0.15) is 8.78 Å². The fourth-order valence-electron chi connectivity index (χ4n) is 0.285. The number of alkyl halides is 4. The monoisotopic (exact) mass is 294 g/mol.